The van der Waals surface area contributed by atoms with Crippen molar-refractivity contribution in [1.82, 2.24) is 10.2 Å². The van der Waals surface area contributed by atoms with Crippen LogP contribution in [0.2, 0.25) is 0 Å². The SMILES string of the molecule is CCN(Cc1ccco1)CC1(CC)CCCN1. The van der Waals surface area contributed by atoms with E-state index in [1.165, 1.54) is 25.8 Å². The summed E-state index contributed by atoms with van der Waals surface area (Å²) in [4.78, 5) is 2.47. The maximum atomic E-state index is 5.43. The number of nitrogens with one attached hydrogen (secondary N) is 1. The first-order chi connectivity index (χ1) is 8.28. The van der Waals surface area contributed by atoms with E-state index < -0.39 is 0 Å². The Kier molecular flexibility index (Phi) is 4.24. The molecule has 2 rings (SSSR count). The highest BCUT2D eigenvalue weighted by molar-refractivity contribution is 5.00. The molecule has 3 nitrogen and oxygen atoms in total. The predicted molar refractivity (Wildman–Crippen MR) is 69.9 cm³/mol. The van der Waals surface area contributed by atoms with Gasteiger partial charge in [-0.05, 0) is 44.5 Å². The first-order valence-electron chi connectivity index (χ1n) is 6.78. The van der Waals surface area contributed by atoms with Gasteiger partial charge in [-0.2, -0.15) is 0 Å². The molecule has 1 aliphatic heterocycles. The van der Waals surface area contributed by atoms with E-state index in [0.29, 0.717) is 5.54 Å². The van der Waals surface area contributed by atoms with E-state index in [1.807, 2.05) is 6.07 Å². The Hall–Kier alpha value is -0.800. The van der Waals surface area contributed by atoms with Gasteiger partial charge in [-0.3, -0.25) is 4.90 Å². The van der Waals surface area contributed by atoms with E-state index in [1.54, 1.807) is 6.26 Å². The molecule has 3 heteroatoms. The molecule has 0 aromatic carbocycles. The third-order valence-electron chi connectivity index (χ3n) is 3.94. The van der Waals surface area contributed by atoms with Crippen LogP contribution in [0.4, 0.5) is 0 Å². The largest absolute Gasteiger partial charge is 0.468 e. The second-order valence-electron chi connectivity index (χ2n) is 5.05. The van der Waals surface area contributed by atoms with Gasteiger partial charge in [0.1, 0.15) is 5.76 Å². The van der Waals surface area contributed by atoms with E-state index >= 15 is 0 Å². The van der Waals surface area contributed by atoms with Crippen LogP contribution < -0.4 is 5.32 Å². The van der Waals surface area contributed by atoms with Gasteiger partial charge in [-0.1, -0.05) is 13.8 Å². The first-order valence-corrected chi connectivity index (χ1v) is 6.78. The lowest BCUT2D eigenvalue weighted by atomic mass is 9.93. The van der Waals surface area contributed by atoms with Crippen molar-refractivity contribution >= 4 is 0 Å². The highest BCUT2D eigenvalue weighted by Gasteiger charge is 2.33. The Morgan fingerprint density at radius 2 is 2.35 bits per heavy atom. The van der Waals surface area contributed by atoms with Crippen LogP contribution >= 0.6 is 0 Å². The lowest BCUT2D eigenvalue weighted by Gasteiger charge is -2.34. The third kappa shape index (κ3) is 3.11. The summed E-state index contributed by atoms with van der Waals surface area (Å²) in [6.07, 6.45) is 5.58. The minimum Gasteiger partial charge on any atom is -0.468 e. The summed E-state index contributed by atoms with van der Waals surface area (Å²) < 4.78 is 5.43. The summed E-state index contributed by atoms with van der Waals surface area (Å²) >= 11 is 0. The molecular weight excluding hydrogens is 212 g/mol. The molecule has 1 aromatic rings. The molecule has 1 saturated heterocycles. The molecule has 1 unspecified atom stereocenters. The smallest absolute Gasteiger partial charge is 0.117 e. The van der Waals surface area contributed by atoms with E-state index in [-0.39, 0.29) is 0 Å². The van der Waals surface area contributed by atoms with Crippen LogP contribution in [0.3, 0.4) is 0 Å². The molecule has 1 N–H and O–H groups in total. The Labute approximate surface area is 104 Å². The topological polar surface area (TPSA) is 28.4 Å². The molecule has 1 aromatic heterocycles. The maximum absolute atomic E-state index is 5.43. The van der Waals surface area contributed by atoms with Gasteiger partial charge in [-0.25, -0.2) is 0 Å². The minimum atomic E-state index is 0.336. The lowest BCUT2D eigenvalue weighted by molar-refractivity contribution is 0.178. The molecule has 17 heavy (non-hydrogen) atoms. The molecule has 0 saturated carbocycles. The molecule has 1 fully saturated rings. The van der Waals surface area contributed by atoms with E-state index in [4.69, 9.17) is 4.42 Å². The minimum absolute atomic E-state index is 0.336. The molecule has 0 radical (unpaired) electrons. The molecular formula is C14H24N2O. The monoisotopic (exact) mass is 236 g/mol. The van der Waals surface area contributed by atoms with E-state index in [0.717, 1.165) is 25.4 Å². The molecule has 1 aliphatic rings. The van der Waals surface area contributed by atoms with Gasteiger partial charge in [0.2, 0.25) is 0 Å². The van der Waals surface area contributed by atoms with Gasteiger partial charge in [0.05, 0.1) is 12.8 Å². The van der Waals surface area contributed by atoms with Crippen molar-refractivity contribution in [3.63, 3.8) is 0 Å². The number of nitrogens with zero attached hydrogens (tertiary/aromatic N) is 1. The fourth-order valence-corrected chi connectivity index (χ4v) is 2.75. The maximum Gasteiger partial charge on any atom is 0.117 e. The molecule has 0 aliphatic carbocycles. The highest BCUT2D eigenvalue weighted by Crippen LogP contribution is 2.24. The van der Waals surface area contributed by atoms with E-state index in [9.17, 15) is 0 Å². The lowest BCUT2D eigenvalue weighted by Crippen LogP contribution is -2.49. The second-order valence-corrected chi connectivity index (χ2v) is 5.05. The zero-order chi connectivity index (χ0) is 12.1. The molecule has 1 atom stereocenters. The summed E-state index contributed by atoms with van der Waals surface area (Å²) in [7, 11) is 0. The fourth-order valence-electron chi connectivity index (χ4n) is 2.75. The summed E-state index contributed by atoms with van der Waals surface area (Å²) in [5.41, 5.74) is 0.336. The van der Waals surface area contributed by atoms with Gasteiger partial charge in [-0.15, -0.1) is 0 Å². The van der Waals surface area contributed by atoms with Crippen LogP contribution in [0.25, 0.3) is 0 Å². The zero-order valence-electron chi connectivity index (χ0n) is 11.0. The summed E-state index contributed by atoms with van der Waals surface area (Å²) in [6, 6.07) is 4.02. The Morgan fingerprint density at radius 3 is 2.88 bits per heavy atom. The summed E-state index contributed by atoms with van der Waals surface area (Å²) in [5, 5.41) is 3.69. The molecule has 0 spiro atoms. The average Bonchev–Trinajstić information content (AvgIpc) is 3.00. The normalized spacial score (nSPS) is 24.6. The van der Waals surface area contributed by atoms with Crippen LogP contribution in [-0.2, 0) is 6.54 Å². The average molecular weight is 236 g/mol. The quantitative estimate of drug-likeness (QED) is 0.823. The van der Waals surface area contributed by atoms with Crippen molar-refractivity contribution in [2.75, 3.05) is 19.6 Å². The molecule has 2 heterocycles. The van der Waals surface area contributed by atoms with Gasteiger partial charge in [0, 0.05) is 12.1 Å². The van der Waals surface area contributed by atoms with Crippen LogP contribution in [-0.4, -0.2) is 30.1 Å². The Balaban J connectivity index is 1.94. The fraction of sp³-hybridized carbons (Fsp3) is 0.714. The van der Waals surface area contributed by atoms with Gasteiger partial charge in [0.15, 0.2) is 0 Å². The summed E-state index contributed by atoms with van der Waals surface area (Å²) in [5.74, 6) is 1.07. The van der Waals surface area contributed by atoms with Crippen molar-refractivity contribution in [3.8, 4) is 0 Å². The molecule has 96 valence electrons. The van der Waals surface area contributed by atoms with Gasteiger partial charge in [0.25, 0.3) is 0 Å². The van der Waals surface area contributed by atoms with Crippen molar-refractivity contribution < 1.29 is 4.42 Å². The van der Waals surface area contributed by atoms with Crippen molar-refractivity contribution in [2.45, 2.75) is 45.2 Å². The van der Waals surface area contributed by atoms with E-state index in [2.05, 4.69) is 30.1 Å². The van der Waals surface area contributed by atoms with Gasteiger partial charge >= 0.3 is 0 Å². The number of furan rings is 1. The van der Waals surface area contributed by atoms with Crippen LogP contribution in [0, 0.1) is 0 Å². The zero-order valence-corrected chi connectivity index (χ0v) is 11.0. The van der Waals surface area contributed by atoms with Gasteiger partial charge < -0.3 is 9.73 Å². The molecule has 0 bridgehead atoms. The van der Waals surface area contributed by atoms with Crippen molar-refractivity contribution in [1.29, 1.82) is 0 Å². The Bertz CT molecular complexity index is 315. The number of likely N-dealkylation sites (N-methyl/N-ethyl adjacent to an activating group) is 1. The van der Waals surface area contributed by atoms with Crippen molar-refractivity contribution in [3.05, 3.63) is 24.2 Å². The number of rotatable bonds is 6. The standard InChI is InChI=1S/C14H24N2O/c1-3-14(8-6-9-15-14)12-16(4-2)11-13-7-5-10-17-13/h5,7,10,15H,3-4,6,8-9,11-12H2,1-2H3. The molecule has 0 amide bonds. The predicted octanol–water partition coefficient (Wildman–Crippen LogP) is 2.63. The number of hydrogen-bond donors (Lipinski definition) is 1. The number of hydrogen-bond acceptors (Lipinski definition) is 3. The van der Waals surface area contributed by atoms with Crippen LogP contribution in [0.15, 0.2) is 22.8 Å². The second kappa shape index (κ2) is 5.69. The van der Waals surface area contributed by atoms with Crippen LogP contribution in [0.5, 0.6) is 0 Å². The third-order valence-corrected chi connectivity index (χ3v) is 3.94. The Morgan fingerprint density at radius 1 is 1.47 bits per heavy atom. The highest BCUT2D eigenvalue weighted by atomic mass is 16.3. The first kappa shape index (κ1) is 12.7. The van der Waals surface area contributed by atoms with Crippen LogP contribution in [0.1, 0.15) is 38.9 Å². The summed E-state index contributed by atoms with van der Waals surface area (Å²) in [6.45, 7) is 8.81. The van der Waals surface area contributed by atoms with Crippen molar-refractivity contribution in [2.24, 2.45) is 0 Å².